The second kappa shape index (κ2) is 4.21. The zero-order valence-corrected chi connectivity index (χ0v) is 8.11. The molecule has 0 radical (unpaired) electrons. The highest BCUT2D eigenvalue weighted by atomic mass is 19.2. The lowest BCUT2D eigenvalue weighted by Gasteiger charge is -2.06. The number of nitro benzene ring substituents is 1. The van der Waals surface area contributed by atoms with Crippen molar-refractivity contribution < 1.29 is 23.6 Å². The number of nitro groups is 1. The van der Waals surface area contributed by atoms with Gasteiger partial charge in [0.1, 0.15) is 0 Å². The smallest absolute Gasteiger partial charge is 0.310 e. The second-order valence-corrected chi connectivity index (χ2v) is 3.15. The Morgan fingerprint density at radius 3 is 2.50 bits per heavy atom. The summed E-state index contributed by atoms with van der Waals surface area (Å²) in [4.78, 5) is 19.9. The number of carbonyl (C=O) groups is 1. The maximum Gasteiger partial charge on any atom is 0.310 e. The summed E-state index contributed by atoms with van der Waals surface area (Å²) in [6, 6.07) is 1.36. The molecular formula is C9H7F2NO4. The molecule has 1 N–H and O–H groups in total. The van der Waals surface area contributed by atoms with E-state index in [1.54, 1.807) is 0 Å². The summed E-state index contributed by atoms with van der Waals surface area (Å²) in [7, 11) is 0. The lowest BCUT2D eigenvalue weighted by Crippen LogP contribution is -2.09. The molecule has 0 aliphatic carbocycles. The van der Waals surface area contributed by atoms with E-state index in [-0.39, 0.29) is 5.56 Å². The molecule has 1 aromatic rings. The third-order valence-electron chi connectivity index (χ3n) is 2.10. The number of benzene rings is 1. The normalized spacial score (nSPS) is 12.2. The predicted octanol–water partition coefficient (Wildman–Crippen LogP) is 2.06. The van der Waals surface area contributed by atoms with Crippen molar-refractivity contribution in [2.45, 2.75) is 12.8 Å². The minimum Gasteiger partial charge on any atom is -0.481 e. The van der Waals surface area contributed by atoms with Crippen molar-refractivity contribution in [1.82, 2.24) is 0 Å². The van der Waals surface area contributed by atoms with E-state index in [9.17, 15) is 23.7 Å². The van der Waals surface area contributed by atoms with Crippen molar-refractivity contribution in [3.63, 3.8) is 0 Å². The summed E-state index contributed by atoms with van der Waals surface area (Å²) in [6.07, 6.45) is 0. The van der Waals surface area contributed by atoms with E-state index in [2.05, 4.69) is 0 Å². The number of rotatable bonds is 3. The SMILES string of the molecule is CC(C(=O)O)c1cc(F)c(F)c([N+](=O)[O-])c1. The lowest BCUT2D eigenvalue weighted by molar-refractivity contribution is -0.387. The molecule has 0 aliphatic rings. The van der Waals surface area contributed by atoms with Crippen LogP contribution in [-0.2, 0) is 4.79 Å². The van der Waals surface area contributed by atoms with Gasteiger partial charge in [-0.1, -0.05) is 0 Å². The fraction of sp³-hybridized carbons (Fsp3) is 0.222. The van der Waals surface area contributed by atoms with Gasteiger partial charge in [0.25, 0.3) is 0 Å². The molecule has 0 aliphatic heterocycles. The van der Waals surface area contributed by atoms with E-state index in [4.69, 9.17) is 5.11 Å². The molecule has 0 saturated heterocycles. The largest absolute Gasteiger partial charge is 0.481 e. The molecule has 0 bridgehead atoms. The first-order valence-electron chi connectivity index (χ1n) is 4.20. The van der Waals surface area contributed by atoms with Crippen molar-refractivity contribution in [3.8, 4) is 0 Å². The molecular weight excluding hydrogens is 224 g/mol. The third kappa shape index (κ3) is 2.13. The average Bonchev–Trinajstić information content (AvgIpc) is 2.20. The standard InChI is InChI=1S/C9H7F2NO4/c1-4(9(13)14)5-2-6(10)8(11)7(3-5)12(15)16/h2-4H,1H3,(H,13,14). The second-order valence-electron chi connectivity index (χ2n) is 3.15. The van der Waals surface area contributed by atoms with Crippen LogP contribution in [0.1, 0.15) is 18.4 Å². The van der Waals surface area contributed by atoms with Gasteiger partial charge in [-0.05, 0) is 18.6 Å². The molecule has 1 unspecified atom stereocenters. The van der Waals surface area contributed by atoms with Gasteiger partial charge >= 0.3 is 11.7 Å². The van der Waals surface area contributed by atoms with Crippen LogP contribution in [0, 0.1) is 21.7 Å². The van der Waals surface area contributed by atoms with E-state index in [1.165, 1.54) is 6.92 Å². The highest BCUT2D eigenvalue weighted by Crippen LogP contribution is 2.26. The van der Waals surface area contributed by atoms with Crippen LogP contribution in [-0.4, -0.2) is 16.0 Å². The first-order valence-corrected chi connectivity index (χ1v) is 4.20. The van der Waals surface area contributed by atoms with Crippen LogP contribution >= 0.6 is 0 Å². The molecule has 0 saturated carbocycles. The van der Waals surface area contributed by atoms with Gasteiger partial charge in [-0.15, -0.1) is 0 Å². The molecule has 1 atom stereocenters. The Morgan fingerprint density at radius 2 is 2.06 bits per heavy atom. The van der Waals surface area contributed by atoms with Crippen LogP contribution in [0.4, 0.5) is 14.5 Å². The summed E-state index contributed by atoms with van der Waals surface area (Å²) in [5.74, 6) is -5.45. The number of carboxylic acid groups (broad SMARTS) is 1. The van der Waals surface area contributed by atoms with Crippen LogP contribution in [0.3, 0.4) is 0 Å². The number of aliphatic carboxylic acids is 1. The molecule has 0 heterocycles. The van der Waals surface area contributed by atoms with Crippen LogP contribution in [0.5, 0.6) is 0 Å². The number of nitrogens with zero attached hydrogens (tertiary/aromatic N) is 1. The Morgan fingerprint density at radius 1 is 1.50 bits per heavy atom. The average molecular weight is 231 g/mol. The van der Waals surface area contributed by atoms with Crippen LogP contribution in [0.15, 0.2) is 12.1 Å². The monoisotopic (exact) mass is 231 g/mol. The molecule has 16 heavy (non-hydrogen) atoms. The van der Waals surface area contributed by atoms with Gasteiger partial charge in [0.2, 0.25) is 5.82 Å². The number of halogens is 2. The zero-order valence-electron chi connectivity index (χ0n) is 8.11. The Bertz CT molecular complexity index is 461. The molecule has 5 nitrogen and oxygen atoms in total. The van der Waals surface area contributed by atoms with E-state index in [0.29, 0.717) is 6.07 Å². The summed E-state index contributed by atoms with van der Waals surface area (Å²) < 4.78 is 25.9. The molecule has 0 amide bonds. The van der Waals surface area contributed by atoms with Gasteiger partial charge in [0, 0.05) is 6.07 Å². The van der Waals surface area contributed by atoms with Gasteiger partial charge in [-0.2, -0.15) is 4.39 Å². The molecule has 7 heteroatoms. The summed E-state index contributed by atoms with van der Waals surface area (Å²) >= 11 is 0. The van der Waals surface area contributed by atoms with Gasteiger partial charge in [0.05, 0.1) is 10.8 Å². The van der Waals surface area contributed by atoms with Crippen molar-refractivity contribution in [2.75, 3.05) is 0 Å². The Kier molecular flexibility index (Phi) is 3.17. The van der Waals surface area contributed by atoms with Gasteiger partial charge in [-0.25, -0.2) is 4.39 Å². The predicted molar refractivity (Wildman–Crippen MR) is 49.1 cm³/mol. The number of hydrogen-bond donors (Lipinski definition) is 1. The van der Waals surface area contributed by atoms with Crippen molar-refractivity contribution in [3.05, 3.63) is 39.4 Å². The minimum absolute atomic E-state index is 0.155. The Balaban J connectivity index is 3.34. The number of hydrogen-bond acceptors (Lipinski definition) is 3. The highest BCUT2D eigenvalue weighted by molar-refractivity contribution is 5.75. The third-order valence-corrected chi connectivity index (χ3v) is 2.10. The van der Waals surface area contributed by atoms with E-state index >= 15 is 0 Å². The quantitative estimate of drug-likeness (QED) is 0.637. The zero-order chi connectivity index (χ0) is 12.5. The molecule has 1 rings (SSSR count). The van der Waals surface area contributed by atoms with Crippen LogP contribution in [0.2, 0.25) is 0 Å². The molecule has 1 aromatic carbocycles. The number of carboxylic acids is 1. The molecule has 0 aromatic heterocycles. The van der Waals surface area contributed by atoms with E-state index < -0.39 is 34.1 Å². The summed E-state index contributed by atoms with van der Waals surface area (Å²) in [6.45, 7) is 1.22. The van der Waals surface area contributed by atoms with Crippen LogP contribution < -0.4 is 0 Å². The van der Waals surface area contributed by atoms with Gasteiger partial charge in [0.15, 0.2) is 5.82 Å². The van der Waals surface area contributed by atoms with Crippen molar-refractivity contribution in [1.29, 1.82) is 0 Å². The molecule has 0 fully saturated rings. The Hall–Kier alpha value is -2.05. The topological polar surface area (TPSA) is 80.4 Å². The maximum atomic E-state index is 13.0. The first-order chi connectivity index (χ1) is 7.34. The Labute approximate surface area is 88.5 Å². The van der Waals surface area contributed by atoms with Crippen LogP contribution in [0.25, 0.3) is 0 Å². The van der Waals surface area contributed by atoms with Crippen molar-refractivity contribution >= 4 is 11.7 Å². The summed E-state index contributed by atoms with van der Waals surface area (Å²) in [5, 5.41) is 19.0. The summed E-state index contributed by atoms with van der Waals surface area (Å²) in [5.41, 5.74) is -1.22. The van der Waals surface area contributed by atoms with E-state index in [1.807, 2.05) is 0 Å². The lowest BCUT2D eigenvalue weighted by atomic mass is 10.0. The van der Waals surface area contributed by atoms with E-state index in [0.717, 1.165) is 6.07 Å². The maximum absolute atomic E-state index is 13.0. The van der Waals surface area contributed by atoms with Gasteiger partial charge in [-0.3, -0.25) is 14.9 Å². The fourth-order valence-corrected chi connectivity index (χ4v) is 1.12. The first kappa shape index (κ1) is 12.0. The van der Waals surface area contributed by atoms with Crippen molar-refractivity contribution in [2.24, 2.45) is 0 Å². The minimum atomic E-state index is -1.59. The fourth-order valence-electron chi connectivity index (χ4n) is 1.12. The molecule has 0 spiro atoms. The highest BCUT2D eigenvalue weighted by Gasteiger charge is 2.24. The van der Waals surface area contributed by atoms with Gasteiger partial charge < -0.3 is 5.11 Å². The molecule has 86 valence electrons.